The van der Waals surface area contributed by atoms with Crippen molar-refractivity contribution in [3.8, 4) is 11.3 Å². The molecule has 2 fully saturated rings. The molecule has 1 amide bonds. The Morgan fingerprint density at radius 3 is 2.71 bits per heavy atom. The lowest BCUT2D eigenvalue weighted by molar-refractivity contribution is -0.131. The summed E-state index contributed by atoms with van der Waals surface area (Å²) in [5.74, 6) is 0.641. The average molecular weight is 380 g/mol. The van der Waals surface area contributed by atoms with E-state index in [9.17, 15) is 9.90 Å². The Bertz CT molecular complexity index is 817. The number of amides is 1. The van der Waals surface area contributed by atoms with Crippen LogP contribution >= 0.6 is 0 Å². The minimum atomic E-state index is 0.0379. The first-order valence-corrected chi connectivity index (χ1v) is 10.4. The van der Waals surface area contributed by atoms with Gasteiger partial charge in [-0.2, -0.15) is 0 Å². The number of piperidine rings is 1. The van der Waals surface area contributed by atoms with Gasteiger partial charge < -0.3 is 10.0 Å². The number of benzene rings is 1. The molecule has 2 saturated heterocycles. The molecule has 5 nitrogen and oxygen atoms in total. The van der Waals surface area contributed by atoms with Crippen molar-refractivity contribution >= 4 is 5.91 Å². The first-order chi connectivity index (χ1) is 13.7. The average Bonchev–Trinajstić information content (AvgIpc) is 3.29. The highest BCUT2D eigenvalue weighted by Crippen LogP contribution is 2.28. The van der Waals surface area contributed by atoms with Crippen molar-refractivity contribution in [3.63, 3.8) is 0 Å². The maximum Gasteiger partial charge on any atom is 0.236 e. The summed E-state index contributed by atoms with van der Waals surface area (Å²) in [5, 5.41) is 9.39. The molecule has 0 bridgehead atoms. The van der Waals surface area contributed by atoms with Crippen molar-refractivity contribution in [1.29, 1.82) is 0 Å². The van der Waals surface area contributed by atoms with Crippen LogP contribution in [0.15, 0.2) is 42.5 Å². The second-order valence-corrected chi connectivity index (χ2v) is 7.97. The first-order valence-electron chi connectivity index (χ1n) is 10.4. The zero-order valence-corrected chi connectivity index (χ0v) is 16.4. The Morgan fingerprint density at radius 1 is 1.07 bits per heavy atom. The summed E-state index contributed by atoms with van der Waals surface area (Å²) in [4.78, 5) is 21.7. The van der Waals surface area contributed by atoms with Gasteiger partial charge in [0.2, 0.25) is 5.91 Å². The topological polar surface area (TPSA) is 56.7 Å². The van der Waals surface area contributed by atoms with Crippen molar-refractivity contribution in [3.05, 3.63) is 53.7 Å². The summed E-state index contributed by atoms with van der Waals surface area (Å²) in [6.07, 6.45) is 4.50. The Balaban J connectivity index is 1.45. The van der Waals surface area contributed by atoms with Gasteiger partial charge >= 0.3 is 0 Å². The maximum atomic E-state index is 12.5. The van der Waals surface area contributed by atoms with E-state index in [1.54, 1.807) is 0 Å². The van der Waals surface area contributed by atoms with Gasteiger partial charge in [0.05, 0.1) is 18.8 Å². The molecule has 5 heteroatoms. The number of pyridine rings is 1. The fourth-order valence-corrected chi connectivity index (χ4v) is 4.37. The van der Waals surface area contributed by atoms with E-state index in [0.29, 0.717) is 12.5 Å². The smallest absolute Gasteiger partial charge is 0.236 e. The molecule has 0 aliphatic carbocycles. The maximum absolute atomic E-state index is 12.5. The largest absolute Gasteiger partial charge is 0.392 e. The molecule has 1 aromatic carbocycles. The van der Waals surface area contributed by atoms with Gasteiger partial charge in [-0.15, -0.1) is 0 Å². The fraction of sp³-hybridized carbons (Fsp3) is 0.478. The highest BCUT2D eigenvalue weighted by Gasteiger charge is 2.26. The molecule has 3 heterocycles. The number of nitrogens with zero attached hydrogens (tertiary/aromatic N) is 3. The number of hydrogen-bond donors (Lipinski definition) is 1. The summed E-state index contributed by atoms with van der Waals surface area (Å²) < 4.78 is 0. The molecule has 4 rings (SSSR count). The molecule has 2 aliphatic heterocycles. The van der Waals surface area contributed by atoms with Gasteiger partial charge in [0.1, 0.15) is 0 Å². The van der Waals surface area contributed by atoms with Gasteiger partial charge in [0.25, 0.3) is 0 Å². The zero-order valence-electron chi connectivity index (χ0n) is 16.4. The van der Waals surface area contributed by atoms with Gasteiger partial charge in [0, 0.05) is 36.8 Å². The highest BCUT2D eigenvalue weighted by molar-refractivity contribution is 5.78. The number of hydrogen-bond acceptors (Lipinski definition) is 4. The van der Waals surface area contributed by atoms with Crippen LogP contribution in [0, 0.1) is 0 Å². The molecule has 1 aromatic heterocycles. The number of aromatic nitrogens is 1. The van der Waals surface area contributed by atoms with Crippen LogP contribution in [0.1, 0.15) is 42.9 Å². The quantitative estimate of drug-likeness (QED) is 0.868. The Hall–Kier alpha value is -2.24. The highest BCUT2D eigenvalue weighted by atomic mass is 16.3. The van der Waals surface area contributed by atoms with Crippen molar-refractivity contribution in [1.82, 2.24) is 14.8 Å². The molecule has 0 radical (unpaired) electrons. The van der Waals surface area contributed by atoms with E-state index in [0.717, 1.165) is 74.4 Å². The second-order valence-electron chi connectivity index (χ2n) is 7.97. The Kier molecular flexibility index (Phi) is 6.03. The lowest BCUT2D eigenvalue weighted by atomic mass is 9.93. The summed E-state index contributed by atoms with van der Waals surface area (Å²) in [6.45, 7) is 4.31. The summed E-state index contributed by atoms with van der Waals surface area (Å²) >= 11 is 0. The lowest BCUT2D eigenvalue weighted by Crippen LogP contribution is -2.43. The number of aliphatic hydroxyl groups excluding tert-OH is 1. The molecule has 1 N–H and O–H groups in total. The minimum absolute atomic E-state index is 0.0379. The Morgan fingerprint density at radius 2 is 1.89 bits per heavy atom. The van der Waals surface area contributed by atoms with Crippen molar-refractivity contribution in [2.45, 2.75) is 38.2 Å². The van der Waals surface area contributed by atoms with Crippen LogP contribution in [-0.2, 0) is 11.4 Å². The molecule has 1 atom stereocenters. The molecule has 0 saturated carbocycles. The van der Waals surface area contributed by atoms with Crippen molar-refractivity contribution < 1.29 is 9.90 Å². The minimum Gasteiger partial charge on any atom is -0.392 e. The predicted molar refractivity (Wildman–Crippen MR) is 110 cm³/mol. The number of carbonyl (C=O) groups excluding carboxylic acids is 1. The monoisotopic (exact) mass is 379 g/mol. The van der Waals surface area contributed by atoms with Crippen LogP contribution in [0.5, 0.6) is 0 Å². The van der Waals surface area contributed by atoms with Gasteiger partial charge in [-0.3, -0.25) is 14.7 Å². The number of aliphatic hydroxyl groups is 1. The van der Waals surface area contributed by atoms with Gasteiger partial charge in [-0.1, -0.05) is 24.3 Å². The third kappa shape index (κ3) is 4.42. The summed E-state index contributed by atoms with van der Waals surface area (Å²) in [7, 11) is 0. The third-order valence-electron chi connectivity index (χ3n) is 5.92. The zero-order chi connectivity index (χ0) is 19.3. The van der Waals surface area contributed by atoms with E-state index in [4.69, 9.17) is 4.98 Å². The van der Waals surface area contributed by atoms with E-state index >= 15 is 0 Å². The molecule has 1 unspecified atom stereocenters. The lowest BCUT2D eigenvalue weighted by Gasteiger charge is -2.33. The molecule has 28 heavy (non-hydrogen) atoms. The van der Waals surface area contributed by atoms with Crippen LogP contribution in [-0.4, -0.2) is 58.5 Å². The summed E-state index contributed by atoms with van der Waals surface area (Å²) in [6, 6.07) is 14.1. The van der Waals surface area contributed by atoms with E-state index in [1.807, 2.05) is 35.2 Å². The summed E-state index contributed by atoms with van der Waals surface area (Å²) in [5.41, 5.74) is 3.97. The van der Waals surface area contributed by atoms with Crippen LogP contribution in [0.4, 0.5) is 0 Å². The van der Waals surface area contributed by atoms with Gasteiger partial charge in [-0.05, 0) is 56.0 Å². The van der Waals surface area contributed by atoms with Gasteiger partial charge in [0.15, 0.2) is 0 Å². The number of likely N-dealkylation sites (tertiary alicyclic amines) is 2. The molecular formula is C23H29N3O2. The van der Waals surface area contributed by atoms with Crippen molar-refractivity contribution in [2.24, 2.45) is 0 Å². The number of carbonyl (C=O) groups is 1. The molecule has 0 spiro atoms. The fourth-order valence-electron chi connectivity index (χ4n) is 4.37. The molecule has 148 valence electrons. The van der Waals surface area contributed by atoms with E-state index < -0.39 is 0 Å². The van der Waals surface area contributed by atoms with Crippen LogP contribution < -0.4 is 0 Å². The molecule has 2 aromatic rings. The van der Waals surface area contributed by atoms with Crippen molar-refractivity contribution in [2.75, 3.05) is 32.7 Å². The van der Waals surface area contributed by atoms with E-state index in [1.165, 1.54) is 0 Å². The van der Waals surface area contributed by atoms with Crippen LogP contribution in [0.3, 0.4) is 0 Å². The van der Waals surface area contributed by atoms with Gasteiger partial charge in [-0.25, -0.2) is 0 Å². The first kappa shape index (κ1) is 19.1. The molecular weight excluding hydrogens is 350 g/mol. The standard InChI is InChI=1S/C23H29N3O2/c27-17-18-6-3-7-19(14-18)21-9-4-10-22(24-21)20-8-5-11-25(15-20)16-23(28)26-12-1-2-13-26/h3-4,6-7,9-10,14,20,27H,1-2,5,8,11-13,15-17H2. The van der Waals surface area contributed by atoms with Crippen LogP contribution in [0.25, 0.3) is 11.3 Å². The van der Waals surface area contributed by atoms with Crippen LogP contribution in [0.2, 0.25) is 0 Å². The van der Waals surface area contributed by atoms with E-state index in [-0.39, 0.29) is 12.5 Å². The van der Waals surface area contributed by atoms with E-state index in [2.05, 4.69) is 17.0 Å². The SMILES string of the molecule is O=C(CN1CCCC(c2cccc(-c3cccc(CO)c3)n2)C1)N1CCCC1. The second kappa shape index (κ2) is 8.84. The third-order valence-corrected chi connectivity index (χ3v) is 5.92. The number of rotatable bonds is 5. The predicted octanol–water partition coefficient (Wildman–Crippen LogP) is 3.04. The normalized spacial score (nSPS) is 20.5. The molecule has 2 aliphatic rings. The Labute approximate surface area is 167 Å².